The van der Waals surface area contributed by atoms with Crippen molar-refractivity contribution in [3.05, 3.63) is 0 Å². The first-order valence-electron chi connectivity index (χ1n) is 4.49. The molecule has 0 radical (unpaired) electrons. The molecule has 3 N–H and O–H groups in total. The van der Waals surface area contributed by atoms with Gasteiger partial charge in [0.25, 0.3) is 0 Å². The van der Waals surface area contributed by atoms with E-state index in [-0.39, 0.29) is 6.61 Å². The van der Waals surface area contributed by atoms with E-state index in [1.807, 2.05) is 6.92 Å². The molecule has 1 aliphatic carbocycles. The molecule has 5 heteroatoms. The first-order valence-corrected chi connectivity index (χ1v) is 4.49. The molecule has 13 heavy (non-hydrogen) atoms. The molecule has 0 aliphatic heterocycles. The molecular formula is C8H16N2O3. The van der Waals surface area contributed by atoms with Crippen molar-refractivity contribution in [2.45, 2.75) is 31.9 Å². The van der Waals surface area contributed by atoms with Crippen molar-refractivity contribution in [1.82, 2.24) is 5.48 Å². The summed E-state index contributed by atoms with van der Waals surface area (Å²) in [4.78, 5) is 15.1. The molecule has 76 valence electrons. The van der Waals surface area contributed by atoms with Crippen LogP contribution in [0.2, 0.25) is 0 Å². The fourth-order valence-corrected chi connectivity index (χ4v) is 1.26. The van der Waals surface area contributed by atoms with Crippen LogP contribution in [-0.2, 0) is 14.4 Å². The number of hydrogen-bond acceptors (Lipinski definition) is 4. The highest BCUT2D eigenvalue weighted by Crippen LogP contribution is 2.22. The van der Waals surface area contributed by atoms with Crippen molar-refractivity contribution >= 4 is 5.91 Å². The van der Waals surface area contributed by atoms with E-state index < -0.39 is 5.91 Å². The maximum atomic E-state index is 10.3. The lowest BCUT2D eigenvalue weighted by atomic mass is 9.90. The summed E-state index contributed by atoms with van der Waals surface area (Å²) in [5.41, 5.74) is 7.64. The zero-order valence-electron chi connectivity index (χ0n) is 7.79. The molecule has 1 aliphatic rings. The number of carbonyl (C=O) groups is 1. The fraction of sp³-hybridized carbons (Fsp3) is 0.875. The summed E-state index contributed by atoms with van der Waals surface area (Å²) < 4.78 is 5.35. The van der Waals surface area contributed by atoms with Crippen LogP contribution >= 0.6 is 0 Å². The molecule has 5 nitrogen and oxygen atoms in total. The van der Waals surface area contributed by atoms with Crippen molar-refractivity contribution in [1.29, 1.82) is 0 Å². The summed E-state index contributed by atoms with van der Waals surface area (Å²) >= 11 is 0. The minimum Gasteiger partial charge on any atom is -0.378 e. The SMILES string of the molecule is CCOC1CC(NOCC(N)=O)C1. The predicted octanol–water partition coefficient (Wildman–Crippen LogP) is -0.440. The Labute approximate surface area is 77.5 Å². The summed E-state index contributed by atoms with van der Waals surface area (Å²) in [6, 6.07) is 0.302. The summed E-state index contributed by atoms with van der Waals surface area (Å²) in [6.45, 7) is 2.65. The third kappa shape index (κ3) is 3.71. The molecule has 0 bridgehead atoms. The van der Waals surface area contributed by atoms with E-state index in [1.54, 1.807) is 0 Å². The van der Waals surface area contributed by atoms with Crippen LogP contribution in [0.3, 0.4) is 0 Å². The number of ether oxygens (including phenoxy) is 1. The second-order valence-electron chi connectivity index (χ2n) is 3.12. The standard InChI is InChI=1S/C8H16N2O3/c1-2-12-7-3-6(4-7)10-13-5-8(9)11/h6-7,10H,2-5H2,1H3,(H2,9,11). The van der Waals surface area contributed by atoms with Gasteiger partial charge in [0.15, 0.2) is 0 Å². The van der Waals surface area contributed by atoms with Gasteiger partial charge in [0.1, 0.15) is 6.61 Å². The normalized spacial score (nSPS) is 26.8. The van der Waals surface area contributed by atoms with Crippen LogP contribution in [0, 0.1) is 0 Å². The average molecular weight is 188 g/mol. The van der Waals surface area contributed by atoms with Crippen LogP contribution in [0.5, 0.6) is 0 Å². The van der Waals surface area contributed by atoms with Crippen molar-refractivity contribution in [2.75, 3.05) is 13.2 Å². The summed E-state index contributed by atoms with van der Waals surface area (Å²) in [6.07, 6.45) is 2.22. The fourth-order valence-electron chi connectivity index (χ4n) is 1.26. The van der Waals surface area contributed by atoms with Crippen LogP contribution in [-0.4, -0.2) is 31.3 Å². The van der Waals surface area contributed by atoms with E-state index in [4.69, 9.17) is 15.3 Å². The maximum Gasteiger partial charge on any atom is 0.245 e. The maximum absolute atomic E-state index is 10.3. The van der Waals surface area contributed by atoms with Crippen LogP contribution in [0.15, 0.2) is 0 Å². The number of hydrogen-bond donors (Lipinski definition) is 2. The molecule has 1 saturated carbocycles. The molecule has 0 aromatic carbocycles. The Hall–Kier alpha value is -0.650. The predicted molar refractivity (Wildman–Crippen MR) is 46.7 cm³/mol. The van der Waals surface area contributed by atoms with Gasteiger partial charge in [0, 0.05) is 12.6 Å². The van der Waals surface area contributed by atoms with Gasteiger partial charge in [0.05, 0.1) is 6.10 Å². The lowest BCUT2D eigenvalue weighted by molar-refractivity contribution is -0.129. The van der Waals surface area contributed by atoms with E-state index in [0.717, 1.165) is 19.4 Å². The van der Waals surface area contributed by atoms with Crippen LogP contribution in [0.4, 0.5) is 0 Å². The molecule has 0 aromatic heterocycles. The van der Waals surface area contributed by atoms with Crippen molar-refractivity contribution in [3.63, 3.8) is 0 Å². The molecule has 0 heterocycles. The minimum atomic E-state index is -0.465. The van der Waals surface area contributed by atoms with Crippen LogP contribution < -0.4 is 11.2 Å². The zero-order chi connectivity index (χ0) is 9.68. The number of amides is 1. The van der Waals surface area contributed by atoms with E-state index in [9.17, 15) is 4.79 Å². The van der Waals surface area contributed by atoms with Gasteiger partial charge < -0.3 is 10.5 Å². The van der Waals surface area contributed by atoms with E-state index in [1.165, 1.54) is 0 Å². The molecule has 0 spiro atoms. The molecular weight excluding hydrogens is 172 g/mol. The lowest BCUT2D eigenvalue weighted by Gasteiger charge is -2.34. The summed E-state index contributed by atoms with van der Waals surface area (Å²) in [5, 5.41) is 0. The molecule has 1 rings (SSSR count). The molecule has 0 aromatic rings. The van der Waals surface area contributed by atoms with Crippen LogP contribution in [0.25, 0.3) is 0 Å². The van der Waals surface area contributed by atoms with Gasteiger partial charge in [-0.1, -0.05) is 0 Å². The molecule has 0 unspecified atom stereocenters. The third-order valence-electron chi connectivity index (χ3n) is 1.96. The highest BCUT2D eigenvalue weighted by atomic mass is 16.6. The van der Waals surface area contributed by atoms with E-state index in [2.05, 4.69) is 5.48 Å². The quantitative estimate of drug-likeness (QED) is 0.554. The Bertz CT molecular complexity index is 169. The van der Waals surface area contributed by atoms with Gasteiger partial charge in [-0.15, -0.1) is 0 Å². The first kappa shape index (κ1) is 10.4. The van der Waals surface area contributed by atoms with Gasteiger partial charge in [-0.2, -0.15) is 5.48 Å². The molecule has 0 saturated heterocycles. The third-order valence-corrected chi connectivity index (χ3v) is 1.96. The zero-order valence-corrected chi connectivity index (χ0v) is 7.79. The molecule has 0 atom stereocenters. The first-order chi connectivity index (χ1) is 6.22. The Morgan fingerprint density at radius 3 is 2.85 bits per heavy atom. The number of hydroxylamine groups is 1. The van der Waals surface area contributed by atoms with Gasteiger partial charge in [-0.05, 0) is 19.8 Å². The Morgan fingerprint density at radius 1 is 1.62 bits per heavy atom. The van der Waals surface area contributed by atoms with Gasteiger partial charge in [0.2, 0.25) is 5.91 Å². The van der Waals surface area contributed by atoms with E-state index >= 15 is 0 Å². The summed E-state index contributed by atoms with van der Waals surface area (Å²) in [5.74, 6) is -0.465. The van der Waals surface area contributed by atoms with Crippen molar-refractivity contribution in [3.8, 4) is 0 Å². The molecule has 1 fully saturated rings. The lowest BCUT2D eigenvalue weighted by Crippen LogP contribution is -2.46. The van der Waals surface area contributed by atoms with Gasteiger partial charge in [-0.3, -0.25) is 9.63 Å². The monoisotopic (exact) mass is 188 g/mol. The highest BCUT2D eigenvalue weighted by molar-refractivity contribution is 5.74. The van der Waals surface area contributed by atoms with E-state index in [0.29, 0.717) is 12.1 Å². The topological polar surface area (TPSA) is 73.6 Å². The van der Waals surface area contributed by atoms with Crippen molar-refractivity contribution < 1.29 is 14.4 Å². The Balaban J connectivity index is 1.93. The van der Waals surface area contributed by atoms with Gasteiger partial charge in [-0.25, -0.2) is 0 Å². The number of rotatable bonds is 6. The Kier molecular flexibility index (Phi) is 4.14. The minimum absolute atomic E-state index is 0.0736. The number of nitrogens with two attached hydrogens (primary N) is 1. The Morgan fingerprint density at radius 2 is 2.31 bits per heavy atom. The smallest absolute Gasteiger partial charge is 0.245 e. The van der Waals surface area contributed by atoms with Crippen molar-refractivity contribution in [2.24, 2.45) is 5.73 Å². The number of primary amides is 1. The second kappa shape index (κ2) is 5.16. The van der Waals surface area contributed by atoms with Gasteiger partial charge >= 0.3 is 0 Å². The second-order valence-corrected chi connectivity index (χ2v) is 3.12. The van der Waals surface area contributed by atoms with Crippen LogP contribution in [0.1, 0.15) is 19.8 Å². The highest BCUT2D eigenvalue weighted by Gasteiger charge is 2.29. The number of nitrogens with one attached hydrogen (secondary N) is 1. The largest absolute Gasteiger partial charge is 0.378 e. The average Bonchev–Trinajstić information content (AvgIpc) is 1.99. The number of carbonyl (C=O) groups excluding carboxylic acids is 1. The molecule has 1 amide bonds. The summed E-state index contributed by atoms with van der Waals surface area (Å²) in [7, 11) is 0.